The summed E-state index contributed by atoms with van der Waals surface area (Å²) in [5.74, 6) is -0.641. The zero-order valence-corrected chi connectivity index (χ0v) is 20.1. The van der Waals surface area contributed by atoms with Crippen molar-refractivity contribution in [1.29, 1.82) is 0 Å². The van der Waals surface area contributed by atoms with E-state index >= 15 is 0 Å². The van der Waals surface area contributed by atoms with Gasteiger partial charge in [-0.2, -0.15) is 0 Å². The van der Waals surface area contributed by atoms with Gasteiger partial charge in [0.25, 0.3) is 11.7 Å². The number of aromatic nitrogens is 1. The first-order valence-electron chi connectivity index (χ1n) is 11.7. The van der Waals surface area contributed by atoms with Crippen LogP contribution in [0.3, 0.4) is 0 Å². The third-order valence-electron chi connectivity index (χ3n) is 6.79. The molecule has 1 atom stereocenters. The van der Waals surface area contributed by atoms with Gasteiger partial charge in [-0.15, -0.1) is 0 Å². The van der Waals surface area contributed by atoms with Crippen molar-refractivity contribution in [1.82, 2.24) is 4.98 Å². The molecule has 0 saturated carbocycles. The van der Waals surface area contributed by atoms with Gasteiger partial charge in [-0.25, -0.2) is 0 Å². The molecule has 1 aromatic heterocycles. The maximum Gasteiger partial charge on any atom is 0.300 e. The van der Waals surface area contributed by atoms with Crippen LogP contribution in [0.25, 0.3) is 16.7 Å². The Bertz CT molecular complexity index is 1590. The first-order chi connectivity index (χ1) is 17.3. The van der Waals surface area contributed by atoms with E-state index in [0.717, 1.165) is 33.3 Å². The highest BCUT2D eigenvalue weighted by molar-refractivity contribution is 6.52. The molecule has 3 aromatic carbocycles. The number of aromatic amines is 1. The fourth-order valence-corrected chi connectivity index (χ4v) is 5.31. The van der Waals surface area contributed by atoms with Crippen molar-refractivity contribution in [3.05, 3.63) is 94.2 Å². The minimum Gasteiger partial charge on any atom is -0.507 e. The van der Waals surface area contributed by atoms with Crippen LogP contribution >= 0.6 is 0 Å². The van der Waals surface area contributed by atoms with E-state index in [1.54, 1.807) is 18.2 Å². The monoisotopic (exact) mass is 480 g/mol. The van der Waals surface area contributed by atoms with Gasteiger partial charge in [0, 0.05) is 33.4 Å². The van der Waals surface area contributed by atoms with Crippen molar-refractivity contribution in [2.75, 3.05) is 11.7 Å². The van der Waals surface area contributed by atoms with Crippen LogP contribution in [0.1, 0.15) is 34.0 Å². The number of carbonyl (C=O) groups excluding carboxylic acids is 2. The van der Waals surface area contributed by atoms with Crippen molar-refractivity contribution in [2.45, 2.75) is 26.8 Å². The molecular weight excluding hydrogens is 456 g/mol. The van der Waals surface area contributed by atoms with Crippen molar-refractivity contribution in [3.63, 3.8) is 0 Å². The second-order valence-electron chi connectivity index (χ2n) is 9.29. The first-order valence-corrected chi connectivity index (χ1v) is 11.7. The van der Waals surface area contributed by atoms with Crippen molar-refractivity contribution >= 4 is 34.0 Å². The van der Waals surface area contributed by atoms with Crippen molar-refractivity contribution in [2.24, 2.45) is 0 Å². The summed E-state index contributed by atoms with van der Waals surface area (Å²) in [4.78, 5) is 32.1. The average molecular weight is 481 g/mol. The van der Waals surface area contributed by atoms with Crippen LogP contribution in [-0.4, -0.2) is 28.6 Å². The molecule has 1 amide bonds. The lowest BCUT2D eigenvalue weighted by molar-refractivity contribution is -0.132. The molecular formula is C29H24N2O5. The molecule has 2 aliphatic rings. The van der Waals surface area contributed by atoms with E-state index in [9.17, 15) is 14.7 Å². The molecule has 6 rings (SSSR count). The van der Waals surface area contributed by atoms with E-state index in [2.05, 4.69) is 4.98 Å². The number of anilines is 1. The van der Waals surface area contributed by atoms with Crippen molar-refractivity contribution < 1.29 is 24.2 Å². The van der Waals surface area contributed by atoms with E-state index in [-0.39, 0.29) is 18.1 Å². The van der Waals surface area contributed by atoms with Gasteiger partial charge in [0.15, 0.2) is 11.5 Å². The number of ether oxygens (including phenoxy) is 2. The second-order valence-corrected chi connectivity index (χ2v) is 9.29. The summed E-state index contributed by atoms with van der Waals surface area (Å²) in [7, 11) is 0. The third kappa shape index (κ3) is 3.27. The summed E-state index contributed by atoms with van der Waals surface area (Å²) in [6, 6.07) is 17.7. The van der Waals surface area contributed by atoms with E-state index in [1.165, 1.54) is 4.90 Å². The lowest BCUT2D eigenvalue weighted by Gasteiger charge is -2.26. The Morgan fingerprint density at radius 3 is 2.44 bits per heavy atom. The Morgan fingerprint density at radius 1 is 0.944 bits per heavy atom. The highest BCUT2D eigenvalue weighted by Crippen LogP contribution is 2.46. The number of rotatable bonds is 3. The lowest BCUT2D eigenvalue weighted by Crippen LogP contribution is -2.29. The van der Waals surface area contributed by atoms with Gasteiger partial charge in [0.05, 0.1) is 11.6 Å². The molecule has 1 fully saturated rings. The molecule has 2 aliphatic heterocycles. The van der Waals surface area contributed by atoms with Crippen LogP contribution in [-0.2, 0) is 9.59 Å². The molecule has 1 saturated heterocycles. The summed E-state index contributed by atoms with van der Waals surface area (Å²) in [5.41, 5.74) is 5.42. The molecule has 3 heterocycles. The minimum absolute atomic E-state index is 0.0332. The number of aryl methyl sites for hydroxylation is 3. The molecule has 0 spiro atoms. The number of Topliss-reactive ketones (excluding diaryl/α,β-unsaturated/α-hetero) is 1. The number of aliphatic hydroxyl groups is 1. The van der Waals surface area contributed by atoms with Gasteiger partial charge in [-0.1, -0.05) is 24.3 Å². The van der Waals surface area contributed by atoms with E-state index in [0.29, 0.717) is 22.7 Å². The van der Waals surface area contributed by atoms with Gasteiger partial charge < -0.3 is 19.6 Å². The van der Waals surface area contributed by atoms with Gasteiger partial charge in [-0.3, -0.25) is 14.5 Å². The highest BCUT2D eigenvalue weighted by Gasteiger charge is 2.48. The molecule has 7 nitrogen and oxygen atoms in total. The summed E-state index contributed by atoms with van der Waals surface area (Å²) < 4.78 is 10.9. The Kier molecular flexibility index (Phi) is 4.89. The fourth-order valence-electron chi connectivity index (χ4n) is 5.31. The summed E-state index contributed by atoms with van der Waals surface area (Å²) in [6.45, 7) is 5.90. The number of hydrogen-bond acceptors (Lipinski definition) is 5. The number of nitrogens with zero attached hydrogens (tertiary/aromatic N) is 1. The van der Waals surface area contributed by atoms with Crippen molar-refractivity contribution in [3.8, 4) is 11.5 Å². The Labute approximate surface area is 207 Å². The molecule has 7 heteroatoms. The SMILES string of the molecule is Cc1cc(C)cc(N2C(=O)C(=O)/C(=C(/O)c3ccc4c(c3)OCO4)C2c2c(C)[nH]c3ccccc23)c1. The van der Waals surface area contributed by atoms with Crippen LogP contribution in [0.5, 0.6) is 11.5 Å². The number of hydrogen-bond donors (Lipinski definition) is 2. The number of amides is 1. The van der Waals surface area contributed by atoms with Crippen LogP contribution in [0.15, 0.2) is 66.2 Å². The van der Waals surface area contributed by atoms with E-state index < -0.39 is 17.7 Å². The first kappa shape index (κ1) is 22.0. The van der Waals surface area contributed by atoms with Gasteiger partial charge in [0.2, 0.25) is 6.79 Å². The molecule has 1 unspecified atom stereocenters. The van der Waals surface area contributed by atoms with Crippen LogP contribution < -0.4 is 14.4 Å². The van der Waals surface area contributed by atoms with Crippen LogP contribution in [0, 0.1) is 20.8 Å². The minimum atomic E-state index is -0.826. The second kappa shape index (κ2) is 8.02. The largest absolute Gasteiger partial charge is 0.507 e. The lowest BCUT2D eigenvalue weighted by atomic mass is 9.93. The summed E-state index contributed by atoms with van der Waals surface area (Å²) in [5, 5.41) is 12.4. The van der Waals surface area contributed by atoms with E-state index in [4.69, 9.17) is 9.47 Å². The topological polar surface area (TPSA) is 91.9 Å². The Balaban J connectivity index is 1.63. The predicted molar refractivity (Wildman–Crippen MR) is 136 cm³/mol. The number of benzene rings is 3. The smallest absolute Gasteiger partial charge is 0.300 e. The highest BCUT2D eigenvalue weighted by atomic mass is 16.7. The van der Waals surface area contributed by atoms with E-state index in [1.807, 2.05) is 63.2 Å². The number of aliphatic hydroxyl groups excluding tert-OH is 1. The standard InChI is InChI=1S/C29H24N2O5/c1-15-10-16(2)12-19(11-15)31-26(24-17(3)30-21-7-5-4-6-20(21)24)25(28(33)29(31)34)27(32)18-8-9-22-23(13-18)36-14-35-22/h4-13,26,30,32H,14H2,1-3H3/b27-25+. The molecule has 2 N–H and O–H groups in total. The summed E-state index contributed by atoms with van der Waals surface area (Å²) >= 11 is 0. The number of fused-ring (bicyclic) bond motifs is 2. The van der Waals surface area contributed by atoms with Gasteiger partial charge in [-0.05, 0) is 68.3 Å². The number of H-pyrrole nitrogens is 1. The zero-order valence-electron chi connectivity index (χ0n) is 20.1. The Morgan fingerprint density at radius 2 is 1.67 bits per heavy atom. The Hall–Kier alpha value is -4.52. The predicted octanol–water partition coefficient (Wildman–Crippen LogP) is 5.45. The quantitative estimate of drug-likeness (QED) is 0.231. The number of ketones is 1. The molecule has 36 heavy (non-hydrogen) atoms. The van der Waals surface area contributed by atoms with Gasteiger partial charge >= 0.3 is 0 Å². The molecule has 0 bridgehead atoms. The molecule has 180 valence electrons. The number of carbonyl (C=O) groups is 2. The molecule has 0 radical (unpaired) electrons. The fraction of sp³-hybridized carbons (Fsp3) is 0.172. The maximum atomic E-state index is 13.6. The van der Waals surface area contributed by atoms with Crippen LogP contribution in [0.4, 0.5) is 5.69 Å². The maximum absolute atomic E-state index is 13.6. The zero-order chi connectivity index (χ0) is 25.1. The normalized spacial score (nSPS) is 18.4. The summed E-state index contributed by atoms with van der Waals surface area (Å²) in [6.07, 6.45) is 0. The molecule has 4 aromatic rings. The number of nitrogens with one attached hydrogen (secondary N) is 1. The third-order valence-corrected chi connectivity index (χ3v) is 6.79. The molecule has 0 aliphatic carbocycles. The average Bonchev–Trinajstić information content (AvgIpc) is 3.51. The van der Waals surface area contributed by atoms with Gasteiger partial charge in [0.1, 0.15) is 5.76 Å². The number of para-hydroxylation sites is 1. The van der Waals surface area contributed by atoms with Crippen LogP contribution in [0.2, 0.25) is 0 Å².